The Balaban J connectivity index is 1.69. The number of hydrogen-bond donors (Lipinski definition) is 2. The van der Waals surface area contributed by atoms with Crippen molar-refractivity contribution in [1.29, 1.82) is 0 Å². The van der Waals surface area contributed by atoms with Crippen LogP contribution < -0.4 is 10.1 Å². The number of rotatable bonds is 7. The Morgan fingerprint density at radius 2 is 1.85 bits per heavy atom. The van der Waals surface area contributed by atoms with Gasteiger partial charge in [0.25, 0.3) is 0 Å². The first-order chi connectivity index (χ1) is 13.0. The monoisotopic (exact) mass is 425 g/mol. The molecule has 0 unspecified atom stereocenters. The van der Waals surface area contributed by atoms with Crippen LogP contribution in [0.1, 0.15) is 27.0 Å². The van der Waals surface area contributed by atoms with E-state index in [0.29, 0.717) is 13.2 Å². The molecular formula is C22H20BrNO3. The minimum atomic E-state index is -0.931. The van der Waals surface area contributed by atoms with Gasteiger partial charge in [-0.2, -0.15) is 0 Å². The molecule has 0 saturated carbocycles. The Morgan fingerprint density at radius 1 is 1.07 bits per heavy atom. The Labute approximate surface area is 166 Å². The minimum Gasteiger partial charge on any atom is -0.489 e. The molecule has 3 aromatic carbocycles. The molecule has 4 nitrogen and oxygen atoms in total. The lowest BCUT2D eigenvalue weighted by Gasteiger charge is -2.14. The second-order valence-electron chi connectivity index (χ2n) is 6.27. The fourth-order valence-electron chi connectivity index (χ4n) is 2.68. The summed E-state index contributed by atoms with van der Waals surface area (Å²) in [6.07, 6.45) is 0. The molecule has 0 aliphatic heterocycles. The van der Waals surface area contributed by atoms with E-state index in [1.54, 1.807) is 24.3 Å². The van der Waals surface area contributed by atoms with Gasteiger partial charge in [0.1, 0.15) is 12.4 Å². The van der Waals surface area contributed by atoms with Crippen LogP contribution in [0.25, 0.3) is 0 Å². The zero-order chi connectivity index (χ0) is 19.2. The average molecular weight is 426 g/mol. The standard InChI is InChI=1S/C22H20BrNO3/c1-15-3-2-4-20(11-15)24-13-18-12-19(23)9-10-21(18)27-14-16-5-7-17(8-6-16)22(25)26/h2-12,24H,13-14H2,1H3,(H,25,26). The number of aryl methyl sites for hydroxylation is 1. The van der Waals surface area contributed by atoms with Gasteiger partial charge in [-0.05, 0) is 60.5 Å². The van der Waals surface area contributed by atoms with E-state index < -0.39 is 5.97 Å². The molecule has 2 N–H and O–H groups in total. The molecule has 0 aromatic heterocycles. The second-order valence-corrected chi connectivity index (χ2v) is 7.18. The van der Waals surface area contributed by atoms with Crippen LogP contribution >= 0.6 is 15.9 Å². The first-order valence-corrected chi connectivity index (χ1v) is 9.34. The van der Waals surface area contributed by atoms with Crippen molar-refractivity contribution in [2.24, 2.45) is 0 Å². The third-order valence-electron chi connectivity index (χ3n) is 4.12. The van der Waals surface area contributed by atoms with Gasteiger partial charge in [0.05, 0.1) is 5.56 Å². The number of hydrogen-bond acceptors (Lipinski definition) is 3. The molecule has 138 valence electrons. The van der Waals surface area contributed by atoms with Crippen LogP contribution in [0.15, 0.2) is 71.2 Å². The Kier molecular flexibility index (Phi) is 6.14. The van der Waals surface area contributed by atoms with Crippen LogP contribution in [-0.4, -0.2) is 11.1 Å². The van der Waals surface area contributed by atoms with E-state index in [1.165, 1.54) is 5.56 Å². The first kappa shape index (κ1) is 19.0. The molecule has 0 fully saturated rings. The molecule has 0 spiro atoms. The molecule has 0 amide bonds. The third kappa shape index (κ3) is 5.34. The first-order valence-electron chi connectivity index (χ1n) is 8.55. The molecule has 27 heavy (non-hydrogen) atoms. The number of aromatic carboxylic acids is 1. The van der Waals surface area contributed by atoms with E-state index in [2.05, 4.69) is 40.3 Å². The predicted octanol–water partition coefficient (Wildman–Crippen LogP) is 5.65. The van der Waals surface area contributed by atoms with Crippen molar-refractivity contribution in [3.05, 3.63) is 93.5 Å². The van der Waals surface area contributed by atoms with Gasteiger partial charge in [0.2, 0.25) is 0 Å². The van der Waals surface area contributed by atoms with Crippen molar-refractivity contribution in [3.63, 3.8) is 0 Å². The largest absolute Gasteiger partial charge is 0.489 e. The van der Waals surface area contributed by atoms with E-state index in [1.807, 2.05) is 30.3 Å². The van der Waals surface area contributed by atoms with E-state index in [-0.39, 0.29) is 5.56 Å². The highest BCUT2D eigenvalue weighted by Crippen LogP contribution is 2.25. The molecule has 0 atom stereocenters. The molecule has 3 aromatic rings. The molecule has 5 heteroatoms. The van der Waals surface area contributed by atoms with Crippen LogP contribution in [0.5, 0.6) is 5.75 Å². The number of carbonyl (C=O) groups is 1. The molecule has 0 bridgehead atoms. The maximum atomic E-state index is 10.9. The van der Waals surface area contributed by atoms with Crippen molar-refractivity contribution in [1.82, 2.24) is 0 Å². The molecular weight excluding hydrogens is 406 g/mol. The Hall–Kier alpha value is -2.79. The van der Waals surface area contributed by atoms with Crippen molar-refractivity contribution < 1.29 is 14.6 Å². The molecule has 0 aliphatic carbocycles. The van der Waals surface area contributed by atoms with E-state index >= 15 is 0 Å². The highest BCUT2D eigenvalue weighted by atomic mass is 79.9. The minimum absolute atomic E-state index is 0.269. The highest BCUT2D eigenvalue weighted by molar-refractivity contribution is 9.10. The fourth-order valence-corrected chi connectivity index (χ4v) is 3.09. The van der Waals surface area contributed by atoms with Gasteiger partial charge in [-0.3, -0.25) is 0 Å². The number of carboxylic acids is 1. The smallest absolute Gasteiger partial charge is 0.335 e. The second kappa shape index (κ2) is 8.73. The summed E-state index contributed by atoms with van der Waals surface area (Å²) in [5.41, 5.74) is 4.49. The fraction of sp³-hybridized carbons (Fsp3) is 0.136. The summed E-state index contributed by atoms with van der Waals surface area (Å²) in [5, 5.41) is 12.4. The summed E-state index contributed by atoms with van der Waals surface area (Å²) in [4.78, 5) is 10.9. The number of halogens is 1. The topological polar surface area (TPSA) is 58.6 Å². The lowest BCUT2D eigenvalue weighted by molar-refractivity contribution is 0.0697. The maximum absolute atomic E-state index is 10.9. The quantitative estimate of drug-likeness (QED) is 0.513. The van der Waals surface area contributed by atoms with Gasteiger partial charge in [-0.15, -0.1) is 0 Å². The highest BCUT2D eigenvalue weighted by Gasteiger charge is 2.07. The van der Waals surface area contributed by atoms with E-state index in [4.69, 9.17) is 9.84 Å². The lowest BCUT2D eigenvalue weighted by atomic mass is 10.1. The van der Waals surface area contributed by atoms with Crippen molar-refractivity contribution in [2.45, 2.75) is 20.1 Å². The summed E-state index contributed by atoms with van der Waals surface area (Å²) in [5.74, 6) is -0.138. The molecule has 0 aliphatic rings. The normalized spacial score (nSPS) is 10.4. The van der Waals surface area contributed by atoms with Crippen LogP contribution in [0.2, 0.25) is 0 Å². The van der Waals surface area contributed by atoms with Crippen LogP contribution in [0.3, 0.4) is 0 Å². The molecule has 0 saturated heterocycles. The summed E-state index contributed by atoms with van der Waals surface area (Å²) >= 11 is 3.51. The summed E-state index contributed by atoms with van der Waals surface area (Å²) < 4.78 is 6.97. The Morgan fingerprint density at radius 3 is 2.56 bits per heavy atom. The van der Waals surface area contributed by atoms with E-state index in [0.717, 1.165) is 27.0 Å². The van der Waals surface area contributed by atoms with Crippen molar-refractivity contribution >= 4 is 27.6 Å². The van der Waals surface area contributed by atoms with Crippen LogP contribution in [0, 0.1) is 6.92 Å². The van der Waals surface area contributed by atoms with Gasteiger partial charge in [-0.1, -0.05) is 40.2 Å². The lowest BCUT2D eigenvalue weighted by Crippen LogP contribution is -2.04. The van der Waals surface area contributed by atoms with Crippen molar-refractivity contribution in [2.75, 3.05) is 5.32 Å². The number of ether oxygens (including phenoxy) is 1. The van der Waals surface area contributed by atoms with Gasteiger partial charge in [0, 0.05) is 22.3 Å². The maximum Gasteiger partial charge on any atom is 0.335 e. The van der Waals surface area contributed by atoms with Crippen LogP contribution in [0.4, 0.5) is 5.69 Å². The van der Waals surface area contributed by atoms with Gasteiger partial charge >= 0.3 is 5.97 Å². The number of nitrogens with one attached hydrogen (secondary N) is 1. The van der Waals surface area contributed by atoms with Crippen molar-refractivity contribution in [3.8, 4) is 5.75 Å². The molecule has 3 rings (SSSR count). The predicted molar refractivity (Wildman–Crippen MR) is 110 cm³/mol. The van der Waals surface area contributed by atoms with Gasteiger partial charge in [0.15, 0.2) is 0 Å². The summed E-state index contributed by atoms with van der Waals surface area (Å²) in [7, 11) is 0. The number of benzene rings is 3. The number of carboxylic acid groups (broad SMARTS) is 1. The SMILES string of the molecule is Cc1cccc(NCc2cc(Br)ccc2OCc2ccc(C(=O)O)cc2)c1. The average Bonchev–Trinajstić information content (AvgIpc) is 2.66. The van der Waals surface area contributed by atoms with Gasteiger partial charge in [-0.25, -0.2) is 4.79 Å². The molecule has 0 radical (unpaired) electrons. The van der Waals surface area contributed by atoms with Crippen LogP contribution in [-0.2, 0) is 13.2 Å². The van der Waals surface area contributed by atoms with E-state index in [9.17, 15) is 4.79 Å². The summed E-state index contributed by atoms with van der Waals surface area (Å²) in [6, 6.07) is 20.8. The molecule has 0 heterocycles. The zero-order valence-corrected chi connectivity index (χ0v) is 16.5. The third-order valence-corrected chi connectivity index (χ3v) is 4.61. The summed E-state index contributed by atoms with van der Waals surface area (Å²) in [6.45, 7) is 3.07. The number of anilines is 1. The van der Waals surface area contributed by atoms with Gasteiger partial charge < -0.3 is 15.2 Å². The Bertz CT molecular complexity index is 939. The zero-order valence-electron chi connectivity index (χ0n) is 14.9.